The monoisotopic (exact) mass is 466 g/mol. The summed E-state index contributed by atoms with van der Waals surface area (Å²) in [6, 6.07) is 7.75. The maximum absolute atomic E-state index is 13.1. The van der Waals surface area contributed by atoms with E-state index in [1.54, 1.807) is 12.5 Å². The molecule has 0 spiro atoms. The van der Waals surface area contributed by atoms with E-state index in [2.05, 4.69) is 10.6 Å². The second kappa shape index (κ2) is 9.27. The van der Waals surface area contributed by atoms with Crippen molar-refractivity contribution in [3.63, 3.8) is 0 Å². The normalized spacial score (nSPS) is 31.2. The Labute approximate surface area is 202 Å². The Morgan fingerprint density at radius 1 is 0.853 bits per heavy atom. The first-order valence-corrected chi connectivity index (χ1v) is 12.9. The molecule has 6 rings (SSSR count). The van der Waals surface area contributed by atoms with Crippen molar-refractivity contribution in [2.75, 3.05) is 0 Å². The van der Waals surface area contributed by atoms with Crippen molar-refractivity contribution >= 4 is 11.8 Å². The van der Waals surface area contributed by atoms with E-state index in [4.69, 9.17) is 8.83 Å². The maximum atomic E-state index is 13.1. The third kappa shape index (κ3) is 5.26. The molecule has 0 radical (unpaired) electrons. The van der Waals surface area contributed by atoms with E-state index in [-0.39, 0.29) is 34.7 Å². The summed E-state index contributed by atoms with van der Waals surface area (Å²) in [4.78, 5) is 26.1. The molecule has 6 nitrogen and oxygen atoms in total. The molecule has 0 saturated heterocycles. The van der Waals surface area contributed by atoms with E-state index in [1.165, 1.54) is 6.42 Å². The molecular weight excluding hydrogens is 428 g/mol. The van der Waals surface area contributed by atoms with Gasteiger partial charge in [-0.3, -0.25) is 9.59 Å². The summed E-state index contributed by atoms with van der Waals surface area (Å²) in [6.07, 6.45) is 12.8. The molecule has 2 aromatic rings. The van der Waals surface area contributed by atoms with Gasteiger partial charge in [-0.15, -0.1) is 0 Å². The first-order valence-electron chi connectivity index (χ1n) is 12.9. The van der Waals surface area contributed by atoms with Gasteiger partial charge in [0.15, 0.2) is 0 Å². The van der Waals surface area contributed by atoms with E-state index in [0.29, 0.717) is 37.5 Å². The van der Waals surface area contributed by atoms with Gasteiger partial charge in [0, 0.05) is 37.8 Å². The number of furan rings is 2. The predicted octanol–water partition coefficient (Wildman–Crippen LogP) is 5.03. The molecule has 2 N–H and O–H groups in total. The Hall–Kier alpha value is -2.50. The van der Waals surface area contributed by atoms with Crippen LogP contribution in [0.4, 0.5) is 0 Å². The fourth-order valence-electron chi connectivity index (χ4n) is 7.96. The lowest BCUT2D eigenvalue weighted by molar-refractivity contribution is -0.146. The molecule has 2 unspecified atom stereocenters. The Morgan fingerprint density at radius 2 is 1.29 bits per heavy atom. The number of amides is 2. The summed E-state index contributed by atoms with van der Waals surface area (Å²) >= 11 is 0. The van der Waals surface area contributed by atoms with Gasteiger partial charge >= 0.3 is 0 Å². The van der Waals surface area contributed by atoms with Gasteiger partial charge in [-0.2, -0.15) is 0 Å². The maximum Gasteiger partial charge on any atom is 0.220 e. The van der Waals surface area contributed by atoms with E-state index in [1.807, 2.05) is 38.1 Å². The number of carbonyl (C=O) groups excluding carboxylic acids is 2. The zero-order valence-electron chi connectivity index (χ0n) is 20.5. The summed E-state index contributed by atoms with van der Waals surface area (Å²) in [6.45, 7) is 4.08. The number of rotatable bonds is 10. The molecule has 0 aliphatic heterocycles. The minimum Gasteiger partial charge on any atom is -0.469 e. The third-order valence-corrected chi connectivity index (χ3v) is 8.36. The molecule has 184 valence electrons. The molecule has 4 aliphatic carbocycles. The molecule has 4 fully saturated rings. The van der Waals surface area contributed by atoms with Crippen LogP contribution in [-0.4, -0.2) is 23.9 Å². The van der Waals surface area contributed by atoms with E-state index >= 15 is 0 Å². The van der Waals surface area contributed by atoms with Gasteiger partial charge in [-0.05, 0) is 99.3 Å². The predicted molar refractivity (Wildman–Crippen MR) is 129 cm³/mol. The van der Waals surface area contributed by atoms with Gasteiger partial charge in [-0.25, -0.2) is 0 Å². The summed E-state index contributed by atoms with van der Waals surface area (Å²) in [7, 11) is 0. The summed E-state index contributed by atoms with van der Waals surface area (Å²) in [5, 5.41) is 6.41. The van der Waals surface area contributed by atoms with Crippen molar-refractivity contribution in [3.05, 3.63) is 48.3 Å². The summed E-state index contributed by atoms with van der Waals surface area (Å²) < 4.78 is 10.9. The largest absolute Gasteiger partial charge is 0.469 e. The van der Waals surface area contributed by atoms with Crippen LogP contribution in [0, 0.1) is 22.7 Å². The molecule has 6 heteroatoms. The Bertz CT molecular complexity index is 890. The second-order valence-electron chi connectivity index (χ2n) is 11.8. The van der Waals surface area contributed by atoms with Gasteiger partial charge in [-0.1, -0.05) is 0 Å². The van der Waals surface area contributed by atoms with Gasteiger partial charge in [0.2, 0.25) is 11.8 Å². The van der Waals surface area contributed by atoms with Crippen LogP contribution < -0.4 is 10.6 Å². The van der Waals surface area contributed by atoms with Gasteiger partial charge in [0.25, 0.3) is 0 Å². The van der Waals surface area contributed by atoms with Crippen LogP contribution >= 0.6 is 0 Å². The van der Waals surface area contributed by atoms with Crippen LogP contribution in [-0.2, 0) is 22.4 Å². The molecule has 2 heterocycles. The molecule has 34 heavy (non-hydrogen) atoms. The fourth-order valence-corrected chi connectivity index (χ4v) is 7.96. The minimum absolute atomic E-state index is 0.0444. The minimum atomic E-state index is 0.0444. The van der Waals surface area contributed by atoms with Gasteiger partial charge in [0.1, 0.15) is 11.5 Å². The average molecular weight is 467 g/mol. The van der Waals surface area contributed by atoms with Crippen LogP contribution in [0.15, 0.2) is 45.6 Å². The van der Waals surface area contributed by atoms with Gasteiger partial charge < -0.3 is 19.5 Å². The van der Waals surface area contributed by atoms with Crippen molar-refractivity contribution in [2.45, 2.75) is 90.1 Å². The second-order valence-corrected chi connectivity index (χ2v) is 11.8. The summed E-state index contributed by atoms with van der Waals surface area (Å²) in [5.41, 5.74) is 0.108. The Morgan fingerprint density at radius 3 is 1.68 bits per heavy atom. The van der Waals surface area contributed by atoms with Crippen LogP contribution in [0.1, 0.15) is 76.7 Å². The molecule has 4 aliphatic rings. The highest BCUT2D eigenvalue weighted by Gasteiger charge is 2.58. The molecule has 4 saturated carbocycles. The number of hydrogen-bond donors (Lipinski definition) is 2. The van der Waals surface area contributed by atoms with Crippen molar-refractivity contribution < 1.29 is 18.4 Å². The first kappa shape index (κ1) is 23.3. The molecule has 4 bridgehead atoms. The lowest BCUT2D eigenvalue weighted by Gasteiger charge is -2.62. The zero-order chi connectivity index (χ0) is 23.8. The van der Waals surface area contributed by atoms with Crippen molar-refractivity contribution in [3.8, 4) is 0 Å². The Balaban J connectivity index is 1.18. The highest BCUT2D eigenvalue weighted by molar-refractivity contribution is 5.78. The smallest absolute Gasteiger partial charge is 0.220 e. The standard InChI is InChI=1S/C28H38N2O4/c1-19(9-23-5-3-7-33-23)29-25(31)16-27-12-21-11-22(13-27)15-28(14-21,18-27)17-26(32)30-20(2)10-24-6-4-8-34-24/h3-8,19-22H,9-18H2,1-2H3,(H,29,31)(H,30,32). The zero-order valence-corrected chi connectivity index (χ0v) is 20.5. The topological polar surface area (TPSA) is 84.5 Å². The summed E-state index contributed by atoms with van der Waals surface area (Å²) in [5.74, 6) is 3.40. The fraction of sp³-hybridized carbons (Fsp3) is 0.643. The quantitative estimate of drug-likeness (QED) is 0.514. The van der Waals surface area contributed by atoms with Crippen molar-refractivity contribution in [1.82, 2.24) is 10.6 Å². The average Bonchev–Trinajstić information content (AvgIpc) is 3.39. The lowest BCUT2D eigenvalue weighted by atomic mass is 9.43. The van der Waals surface area contributed by atoms with Crippen LogP contribution in [0.3, 0.4) is 0 Å². The molecule has 2 atom stereocenters. The van der Waals surface area contributed by atoms with Gasteiger partial charge in [0.05, 0.1) is 12.5 Å². The first-order chi connectivity index (χ1) is 16.3. The molecule has 0 aromatic carbocycles. The molecular formula is C28H38N2O4. The number of carbonyl (C=O) groups is 2. The van der Waals surface area contributed by atoms with Crippen LogP contribution in [0.25, 0.3) is 0 Å². The highest BCUT2D eigenvalue weighted by Crippen LogP contribution is 2.67. The SMILES string of the molecule is CC(Cc1ccco1)NC(=O)CC12CC3CC(C1)CC(CC(=O)NC(C)Cc1ccco1)(C3)C2. The third-order valence-electron chi connectivity index (χ3n) is 8.36. The molecule has 2 amide bonds. The Kier molecular flexibility index (Phi) is 6.34. The van der Waals surface area contributed by atoms with Crippen molar-refractivity contribution in [1.29, 1.82) is 0 Å². The van der Waals surface area contributed by atoms with Crippen molar-refractivity contribution in [2.24, 2.45) is 22.7 Å². The molecule has 2 aromatic heterocycles. The van der Waals surface area contributed by atoms with Crippen LogP contribution in [0.5, 0.6) is 0 Å². The highest BCUT2D eigenvalue weighted by atomic mass is 16.3. The van der Waals surface area contributed by atoms with Crippen LogP contribution in [0.2, 0.25) is 0 Å². The van der Waals surface area contributed by atoms with E-state index in [9.17, 15) is 9.59 Å². The van der Waals surface area contributed by atoms with E-state index in [0.717, 1.165) is 43.6 Å². The lowest BCUT2D eigenvalue weighted by Crippen LogP contribution is -2.54. The number of hydrogen-bond acceptors (Lipinski definition) is 4. The number of nitrogens with one attached hydrogen (secondary N) is 2. The van der Waals surface area contributed by atoms with E-state index < -0.39 is 0 Å².